The Hall–Kier alpha value is -0.220. The summed E-state index contributed by atoms with van der Waals surface area (Å²) < 4.78 is 63.3. The van der Waals surface area contributed by atoms with Gasteiger partial charge >= 0.3 is 0 Å². The predicted octanol–water partition coefficient (Wildman–Crippen LogP) is 3.82. The van der Waals surface area contributed by atoms with Gasteiger partial charge in [-0.15, -0.1) is 0 Å². The second-order valence-electron chi connectivity index (χ2n) is 5.11. The largest absolute Gasteiger partial charge is 0.286 e. The van der Waals surface area contributed by atoms with Crippen molar-refractivity contribution in [2.45, 2.75) is 22.9 Å². The normalized spacial score (nSPS) is 13.5. The summed E-state index contributed by atoms with van der Waals surface area (Å²) in [5.74, 6) is 0.0676. The molecule has 0 amide bonds. The van der Waals surface area contributed by atoms with E-state index < -0.39 is 27.8 Å². The molecule has 1 heterocycles. The van der Waals surface area contributed by atoms with Gasteiger partial charge in [0.15, 0.2) is 12.7 Å². The summed E-state index contributed by atoms with van der Waals surface area (Å²) in [6.07, 6.45) is 1.41. The third kappa shape index (κ3) is 6.59. The summed E-state index contributed by atoms with van der Waals surface area (Å²) >= 11 is 3.21. The van der Waals surface area contributed by atoms with E-state index in [4.69, 9.17) is 9.11 Å². The van der Waals surface area contributed by atoms with Crippen LogP contribution in [0.25, 0.3) is 9.82 Å². The van der Waals surface area contributed by atoms with Crippen LogP contribution in [0.5, 0.6) is 0 Å². The summed E-state index contributed by atoms with van der Waals surface area (Å²) in [6.45, 7) is 0. The van der Waals surface area contributed by atoms with Crippen LogP contribution in [-0.4, -0.2) is 43.2 Å². The zero-order valence-corrected chi connectivity index (χ0v) is 16.8. The van der Waals surface area contributed by atoms with Crippen LogP contribution in [0.4, 0.5) is 0 Å². The molecule has 1 atom stereocenters. The highest BCUT2D eigenvalue weighted by Crippen LogP contribution is 2.53. The van der Waals surface area contributed by atoms with Gasteiger partial charge in [0.25, 0.3) is 20.2 Å². The Bertz CT molecular complexity index is 904. The Morgan fingerprint density at radius 3 is 2.29 bits per heavy atom. The maximum Gasteiger partial charge on any atom is 0.265 e. The van der Waals surface area contributed by atoms with Crippen molar-refractivity contribution in [1.29, 1.82) is 0 Å². The first kappa shape index (κ1) is 20.1. The van der Waals surface area contributed by atoms with Crippen LogP contribution in [0.1, 0.15) is 12.8 Å². The summed E-state index contributed by atoms with van der Waals surface area (Å²) in [6, 6.07) is 7.95. The molecule has 134 valence electrons. The molecule has 2 N–H and O–H groups in total. The Morgan fingerprint density at radius 2 is 1.62 bits per heavy atom. The Balaban J connectivity index is 2.11. The lowest BCUT2D eigenvalue weighted by Gasteiger charge is -1.97. The molecule has 0 saturated carbocycles. The molecule has 1 aromatic heterocycles. The van der Waals surface area contributed by atoms with Crippen LogP contribution in [0.2, 0.25) is 0 Å². The van der Waals surface area contributed by atoms with E-state index in [0.29, 0.717) is 24.8 Å². The summed E-state index contributed by atoms with van der Waals surface area (Å²) in [4.78, 5) is 0. The number of aryl methyl sites for hydroxylation is 1. The van der Waals surface area contributed by atoms with Gasteiger partial charge in [-0.25, -0.2) is 0 Å². The molecule has 0 spiro atoms. The second-order valence-corrected chi connectivity index (χ2v) is 13.5. The number of fused-ring (bicyclic) bond motifs is 1. The maximum absolute atomic E-state index is 10.9. The molecular formula is C13H18O6PS4+. The zero-order chi connectivity index (χ0) is 17.8. The molecule has 0 saturated heterocycles. The van der Waals surface area contributed by atoms with Crippen LogP contribution in [0.15, 0.2) is 28.2 Å². The SMILES string of the molecule is O=S(=O)(O)CCCSc1sc2ccccc2[p+]1CCCS(=O)(=O)O. The molecule has 0 aliphatic carbocycles. The Kier molecular flexibility index (Phi) is 7.07. The summed E-state index contributed by atoms with van der Waals surface area (Å²) in [5, 5.41) is 1.20. The standard InChI is InChI=1S/C13H17O6PS4/c14-23(15,16)9-3-7-20-11-5-1-2-6-12(11)22-13(20)21-8-4-10-24(17,18)19/h1-2,5-6H,3-4,7-10H2,(H-,14,15,16,17,18,19)/p+1. The van der Waals surface area contributed by atoms with Crippen molar-refractivity contribution in [1.82, 2.24) is 0 Å². The second kappa shape index (κ2) is 8.44. The van der Waals surface area contributed by atoms with Crippen molar-refractivity contribution in [2.75, 3.05) is 17.3 Å². The molecule has 0 bridgehead atoms. The van der Waals surface area contributed by atoms with Crippen molar-refractivity contribution in [2.24, 2.45) is 0 Å². The number of benzene rings is 1. The van der Waals surface area contributed by atoms with E-state index in [9.17, 15) is 16.8 Å². The topological polar surface area (TPSA) is 109 Å². The average Bonchev–Trinajstić information content (AvgIpc) is 2.80. The van der Waals surface area contributed by atoms with Crippen LogP contribution in [0, 0.1) is 0 Å². The molecule has 11 heteroatoms. The van der Waals surface area contributed by atoms with Crippen molar-refractivity contribution >= 4 is 60.7 Å². The monoisotopic (exact) mass is 429 g/mol. The first-order chi connectivity index (χ1) is 11.2. The van der Waals surface area contributed by atoms with Crippen molar-refractivity contribution < 1.29 is 25.9 Å². The first-order valence-corrected chi connectivity index (χ1v) is 13.6. The van der Waals surface area contributed by atoms with Gasteiger partial charge in [0.2, 0.25) is 3.94 Å². The van der Waals surface area contributed by atoms with Gasteiger partial charge in [-0.05, 0) is 18.6 Å². The van der Waals surface area contributed by atoms with E-state index in [2.05, 4.69) is 0 Å². The minimum atomic E-state index is -3.95. The van der Waals surface area contributed by atoms with E-state index >= 15 is 0 Å². The molecule has 1 aromatic carbocycles. The number of thioether (sulfide) groups is 1. The number of rotatable bonds is 9. The molecule has 2 rings (SSSR count). The third-order valence-corrected chi connectivity index (χ3v) is 11.1. The molecule has 0 fully saturated rings. The van der Waals surface area contributed by atoms with Crippen LogP contribution in [0.3, 0.4) is 0 Å². The van der Waals surface area contributed by atoms with Crippen molar-refractivity contribution in [3.63, 3.8) is 0 Å². The molecule has 1 unspecified atom stereocenters. The van der Waals surface area contributed by atoms with Gasteiger partial charge in [0.1, 0.15) is 6.16 Å². The van der Waals surface area contributed by atoms with Crippen molar-refractivity contribution in [3.05, 3.63) is 24.3 Å². The van der Waals surface area contributed by atoms with Crippen LogP contribution in [-0.2, 0) is 26.4 Å². The smallest absolute Gasteiger partial charge is 0.265 e. The summed E-state index contributed by atoms with van der Waals surface area (Å²) in [7, 11) is -8.56. The molecular weight excluding hydrogens is 411 g/mol. The molecule has 0 aliphatic heterocycles. The van der Waals surface area contributed by atoms with E-state index in [1.54, 1.807) is 23.1 Å². The highest BCUT2D eigenvalue weighted by atomic mass is 32.2. The average molecular weight is 430 g/mol. The lowest BCUT2D eigenvalue weighted by atomic mass is 10.4. The number of hydrogen-bond donors (Lipinski definition) is 2. The van der Waals surface area contributed by atoms with Gasteiger partial charge in [-0.2, -0.15) is 16.8 Å². The lowest BCUT2D eigenvalue weighted by Crippen LogP contribution is -2.04. The Labute approximate surface area is 150 Å². The quantitative estimate of drug-likeness (QED) is 0.354. The van der Waals surface area contributed by atoms with E-state index in [1.807, 2.05) is 24.3 Å². The molecule has 24 heavy (non-hydrogen) atoms. The highest BCUT2D eigenvalue weighted by Gasteiger charge is 2.24. The predicted molar refractivity (Wildman–Crippen MR) is 102 cm³/mol. The fraction of sp³-hybridized carbons (Fsp3) is 0.462. The van der Waals surface area contributed by atoms with Crippen LogP contribution < -0.4 is 0 Å². The van der Waals surface area contributed by atoms with Crippen LogP contribution >= 0.6 is 30.6 Å². The van der Waals surface area contributed by atoms with E-state index in [0.717, 1.165) is 8.64 Å². The van der Waals surface area contributed by atoms with Gasteiger partial charge in [0, 0.05) is 12.2 Å². The summed E-state index contributed by atoms with van der Waals surface area (Å²) in [5.41, 5.74) is 0. The fourth-order valence-corrected chi connectivity index (χ4v) is 10.2. The van der Waals surface area contributed by atoms with Gasteiger partial charge < -0.3 is 0 Å². The lowest BCUT2D eigenvalue weighted by molar-refractivity contribution is 0.480. The van der Waals surface area contributed by atoms with Gasteiger partial charge in [-0.1, -0.05) is 35.2 Å². The fourth-order valence-electron chi connectivity index (χ4n) is 2.14. The molecule has 0 radical (unpaired) electrons. The van der Waals surface area contributed by atoms with E-state index in [-0.39, 0.29) is 11.5 Å². The first-order valence-electron chi connectivity index (χ1n) is 7.10. The van der Waals surface area contributed by atoms with Gasteiger partial charge in [-0.3, -0.25) is 9.11 Å². The van der Waals surface area contributed by atoms with E-state index in [1.165, 1.54) is 5.12 Å². The molecule has 6 nitrogen and oxygen atoms in total. The third-order valence-electron chi connectivity index (χ3n) is 3.13. The molecule has 2 aromatic rings. The molecule has 0 aliphatic rings. The minimum Gasteiger partial charge on any atom is -0.286 e. The van der Waals surface area contributed by atoms with Crippen molar-refractivity contribution in [3.8, 4) is 0 Å². The minimum absolute atomic E-state index is 0.251. The Morgan fingerprint density at radius 1 is 1.00 bits per heavy atom. The highest BCUT2D eigenvalue weighted by molar-refractivity contribution is 8.05. The zero-order valence-electron chi connectivity index (χ0n) is 12.7. The maximum atomic E-state index is 10.9. The number of hydrogen-bond acceptors (Lipinski definition) is 6. The van der Waals surface area contributed by atoms with Gasteiger partial charge in [0.05, 0.1) is 16.2 Å².